The van der Waals surface area contributed by atoms with Crippen molar-refractivity contribution >= 4 is 34.8 Å². The third-order valence-electron chi connectivity index (χ3n) is 2.64. The highest BCUT2D eigenvalue weighted by molar-refractivity contribution is 6.32. The van der Waals surface area contributed by atoms with E-state index in [0.29, 0.717) is 22.9 Å². The van der Waals surface area contributed by atoms with Gasteiger partial charge in [-0.2, -0.15) is 0 Å². The Morgan fingerprint density at radius 3 is 2.74 bits per heavy atom. The topological polar surface area (TPSA) is 54.3 Å². The summed E-state index contributed by atoms with van der Waals surface area (Å²) in [7, 11) is 0. The number of rotatable bonds is 3. The van der Waals surface area contributed by atoms with Gasteiger partial charge in [-0.15, -0.1) is 0 Å². The molecule has 1 aromatic carbocycles. The molecular weight excluding hydrogens is 287 g/mol. The predicted molar refractivity (Wildman–Crippen MR) is 76.2 cm³/mol. The number of aromatic hydroxyl groups is 1. The van der Waals surface area contributed by atoms with E-state index in [1.807, 2.05) is 6.92 Å². The Bertz CT molecular complexity index is 623. The van der Waals surface area contributed by atoms with Gasteiger partial charge < -0.3 is 15.0 Å². The molecule has 0 aliphatic heterocycles. The van der Waals surface area contributed by atoms with Gasteiger partial charge in [0.2, 0.25) is 0 Å². The van der Waals surface area contributed by atoms with E-state index in [0.717, 1.165) is 0 Å². The van der Waals surface area contributed by atoms with Crippen molar-refractivity contribution in [2.75, 3.05) is 5.32 Å². The molecule has 0 saturated carbocycles. The first-order valence-corrected chi connectivity index (χ1v) is 6.42. The number of aryl methyl sites for hydroxylation is 1. The Balaban J connectivity index is 2.22. The van der Waals surface area contributed by atoms with Crippen molar-refractivity contribution in [3.05, 3.63) is 46.2 Å². The average Bonchev–Trinajstić information content (AvgIpc) is 2.75. The number of halogens is 2. The van der Waals surface area contributed by atoms with Crippen molar-refractivity contribution in [3.63, 3.8) is 0 Å². The molecule has 0 saturated heterocycles. The summed E-state index contributed by atoms with van der Waals surface area (Å²) < 4.78 is 1.74. The van der Waals surface area contributed by atoms with Crippen molar-refractivity contribution < 1.29 is 9.90 Å². The quantitative estimate of drug-likeness (QED) is 0.906. The number of phenolic OH excluding ortho intramolecular Hbond substituents is 1. The summed E-state index contributed by atoms with van der Waals surface area (Å²) in [5.41, 5.74) is 0.925. The molecule has 0 spiro atoms. The van der Waals surface area contributed by atoms with Crippen LogP contribution in [0.4, 0.5) is 5.69 Å². The van der Waals surface area contributed by atoms with Gasteiger partial charge in [-0.05, 0) is 25.1 Å². The van der Waals surface area contributed by atoms with Gasteiger partial charge >= 0.3 is 0 Å². The van der Waals surface area contributed by atoms with E-state index in [9.17, 15) is 9.90 Å². The molecule has 1 aromatic heterocycles. The number of benzene rings is 1. The van der Waals surface area contributed by atoms with Gasteiger partial charge in [0, 0.05) is 24.5 Å². The predicted octanol–water partition coefficient (Wildman–Crippen LogP) is 3.77. The van der Waals surface area contributed by atoms with E-state index in [-0.39, 0.29) is 16.7 Å². The fourth-order valence-electron chi connectivity index (χ4n) is 1.71. The van der Waals surface area contributed by atoms with Gasteiger partial charge in [0.1, 0.15) is 11.4 Å². The molecule has 2 rings (SSSR count). The van der Waals surface area contributed by atoms with Crippen molar-refractivity contribution in [2.24, 2.45) is 0 Å². The summed E-state index contributed by atoms with van der Waals surface area (Å²) in [6.07, 6.45) is 1.69. The number of aromatic nitrogens is 1. The van der Waals surface area contributed by atoms with E-state index in [1.54, 1.807) is 22.9 Å². The standard InChI is InChI=1S/C13H12Cl2N2O2/c1-2-17-7-8(14)5-11(17)13(19)16-9-3-4-10(15)12(18)6-9/h3-7,18H,2H2,1H3,(H,16,19). The van der Waals surface area contributed by atoms with Crippen LogP contribution in [0.1, 0.15) is 17.4 Å². The van der Waals surface area contributed by atoms with Crippen molar-refractivity contribution in [2.45, 2.75) is 13.5 Å². The van der Waals surface area contributed by atoms with Crippen molar-refractivity contribution in [1.29, 1.82) is 0 Å². The lowest BCUT2D eigenvalue weighted by molar-refractivity contribution is 0.101. The summed E-state index contributed by atoms with van der Waals surface area (Å²) in [6, 6.07) is 6.11. The largest absolute Gasteiger partial charge is 0.506 e. The molecule has 0 aliphatic rings. The molecule has 0 aliphatic carbocycles. The first-order valence-electron chi connectivity index (χ1n) is 5.66. The van der Waals surface area contributed by atoms with Crippen LogP contribution < -0.4 is 5.32 Å². The van der Waals surface area contributed by atoms with E-state index >= 15 is 0 Å². The van der Waals surface area contributed by atoms with Crippen molar-refractivity contribution in [1.82, 2.24) is 4.57 Å². The third kappa shape index (κ3) is 3.03. The lowest BCUT2D eigenvalue weighted by Crippen LogP contribution is -2.16. The van der Waals surface area contributed by atoms with Crippen LogP contribution in [0.2, 0.25) is 10.0 Å². The Kier molecular flexibility index (Phi) is 4.02. The van der Waals surface area contributed by atoms with Crippen LogP contribution in [0.15, 0.2) is 30.5 Å². The van der Waals surface area contributed by atoms with Gasteiger partial charge in [0.25, 0.3) is 5.91 Å². The average molecular weight is 299 g/mol. The number of carbonyl (C=O) groups is 1. The molecule has 1 heterocycles. The second kappa shape index (κ2) is 5.55. The first kappa shape index (κ1) is 13.8. The summed E-state index contributed by atoms with van der Waals surface area (Å²) in [6.45, 7) is 2.56. The zero-order valence-electron chi connectivity index (χ0n) is 10.2. The molecule has 4 nitrogen and oxygen atoms in total. The highest BCUT2D eigenvalue weighted by Gasteiger charge is 2.13. The van der Waals surface area contributed by atoms with Gasteiger partial charge in [-0.1, -0.05) is 23.2 Å². The lowest BCUT2D eigenvalue weighted by Gasteiger charge is -2.08. The fraction of sp³-hybridized carbons (Fsp3) is 0.154. The zero-order chi connectivity index (χ0) is 14.0. The minimum absolute atomic E-state index is 0.0802. The van der Waals surface area contributed by atoms with Crippen LogP contribution in [0, 0.1) is 0 Å². The second-order valence-electron chi connectivity index (χ2n) is 3.95. The number of anilines is 1. The van der Waals surface area contributed by atoms with Crippen LogP contribution in [-0.2, 0) is 6.54 Å². The minimum Gasteiger partial charge on any atom is -0.506 e. The Morgan fingerprint density at radius 1 is 1.37 bits per heavy atom. The van der Waals surface area contributed by atoms with Gasteiger partial charge in [0.15, 0.2) is 0 Å². The van der Waals surface area contributed by atoms with Crippen molar-refractivity contribution in [3.8, 4) is 5.75 Å². The number of phenols is 1. The fourth-order valence-corrected chi connectivity index (χ4v) is 2.05. The highest BCUT2D eigenvalue weighted by atomic mass is 35.5. The number of amides is 1. The van der Waals surface area contributed by atoms with Crippen LogP contribution in [-0.4, -0.2) is 15.6 Å². The summed E-state index contributed by atoms with van der Waals surface area (Å²) in [5.74, 6) is -0.376. The second-order valence-corrected chi connectivity index (χ2v) is 4.79. The number of nitrogens with zero attached hydrogens (tertiary/aromatic N) is 1. The molecular formula is C13H12Cl2N2O2. The first-order chi connectivity index (χ1) is 9.01. The van der Waals surface area contributed by atoms with E-state index < -0.39 is 0 Å². The molecule has 19 heavy (non-hydrogen) atoms. The lowest BCUT2D eigenvalue weighted by atomic mass is 10.3. The molecule has 1 amide bonds. The van der Waals surface area contributed by atoms with Crippen LogP contribution in [0.5, 0.6) is 5.75 Å². The van der Waals surface area contributed by atoms with Gasteiger partial charge in [-0.25, -0.2) is 0 Å². The maximum absolute atomic E-state index is 12.1. The minimum atomic E-state index is -0.296. The Hall–Kier alpha value is -1.65. The SMILES string of the molecule is CCn1cc(Cl)cc1C(=O)Nc1ccc(Cl)c(O)c1. The highest BCUT2D eigenvalue weighted by Crippen LogP contribution is 2.26. The normalized spacial score (nSPS) is 10.5. The summed E-state index contributed by atoms with van der Waals surface area (Å²) in [4.78, 5) is 12.1. The van der Waals surface area contributed by atoms with E-state index in [1.165, 1.54) is 12.1 Å². The molecule has 0 radical (unpaired) electrons. The molecule has 0 unspecified atom stereocenters. The monoisotopic (exact) mass is 298 g/mol. The number of hydrogen-bond acceptors (Lipinski definition) is 2. The van der Waals surface area contributed by atoms with Gasteiger partial charge in [-0.3, -0.25) is 4.79 Å². The molecule has 6 heteroatoms. The Morgan fingerprint density at radius 2 is 2.11 bits per heavy atom. The molecule has 100 valence electrons. The maximum atomic E-state index is 12.1. The van der Waals surface area contributed by atoms with E-state index in [2.05, 4.69) is 5.32 Å². The zero-order valence-corrected chi connectivity index (χ0v) is 11.7. The Labute approximate surface area is 120 Å². The van der Waals surface area contributed by atoms with Crippen LogP contribution >= 0.6 is 23.2 Å². The van der Waals surface area contributed by atoms with E-state index in [4.69, 9.17) is 23.2 Å². The summed E-state index contributed by atoms with van der Waals surface area (Å²) in [5, 5.41) is 12.9. The number of carbonyl (C=O) groups excluding carboxylic acids is 1. The molecule has 0 fully saturated rings. The maximum Gasteiger partial charge on any atom is 0.272 e. The smallest absolute Gasteiger partial charge is 0.272 e. The van der Waals surface area contributed by atoms with Crippen LogP contribution in [0.3, 0.4) is 0 Å². The third-order valence-corrected chi connectivity index (χ3v) is 3.17. The number of nitrogens with one attached hydrogen (secondary N) is 1. The molecule has 2 N–H and O–H groups in total. The molecule has 0 atom stereocenters. The summed E-state index contributed by atoms with van der Waals surface area (Å²) >= 11 is 11.6. The van der Waals surface area contributed by atoms with Gasteiger partial charge in [0.05, 0.1) is 10.0 Å². The molecule has 2 aromatic rings. The van der Waals surface area contributed by atoms with Crippen LogP contribution in [0.25, 0.3) is 0 Å². The number of hydrogen-bond donors (Lipinski definition) is 2. The molecule has 0 bridgehead atoms.